The number of benzene rings is 2. The Morgan fingerprint density at radius 1 is 1.25 bits per heavy atom. The maximum atomic E-state index is 11.3. The summed E-state index contributed by atoms with van der Waals surface area (Å²) in [6, 6.07) is 12.0. The SMILES string of the molecule is NC(=S)c1ccc(NC2CNC(=O)C2)c2ccccc12. The molecule has 5 heteroatoms. The van der Waals surface area contributed by atoms with Gasteiger partial charge in [0.1, 0.15) is 4.99 Å². The number of hydrogen-bond acceptors (Lipinski definition) is 3. The summed E-state index contributed by atoms with van der Waals surface area (Å²) in [4.78, 5) is 11.7. The molecular weight excluding hydrogens is 270 g/mol. The second-order valence-electron chi connectivity index (χ2n) is 4.92. The van der Waals surface area contributed by atoms with Crippen molar-refractivity contribution in [1.29, 1.82) is 0 Å². The van der Waals surface area contributed by atoms with E-state index in [1.807, 2.05) is 36.4 Å². The van der Waals surface area contributed by atoms with Crippen LogP contribution in [0, 0.1) is 0 Å². The molecule has 0 spiro atoms. The summed E-state index contributed by atoms with van der Waals surface area (Å²) in [6.45, 7) is 0.657. The van der Waals surface area contributed by atoms with Crippen LogP contribution >= 0.6 is 12.2 Å². The minimum absolute atomic E-state index is 0.0894. The van der Waals surface area contributed by atoms with Crippen LogP contribution in [0.1, 0.15) is 12.0 Å². The Labute approximate surface area is 122 Å². The van der Waals surface area contributed by atoms with Gasteiger partial charge in [0.25, 0.3) is 0 Å². The lowest BCUT2D eigenvalue weighted by atomic mass is 10.0. The summed E-state index contributed by atoms with van der Waals surface area (Å²) >= 11 is 5.09. The molecule has 2 aromatic rings. The van der Waals surface area contributed by atoms with E-state index in [0.29, 0.717) is 18.0 Å². The highest BCUT2D eigenvalue weighted by molar-refractivity contribution is 7.80. The molecule has 2 aromatic carbocycles. The van der Waals surface area contributed by atoms with E-state index >= 15 is 0 Å². The van der Waals surface area contributed by atoms with Crippen molar-refractivity contribution in [3.63, 3.8) is 0 Å². The molecule has 4 nitrogen and oxygen atoms in total. The number of nitrogens with two attached hydrogens (primary N) is 1. The number of carbonyl (C=O) groups is 1. The van der Waals surface area contributed by atoms with Gasteiger partial charge in [0.05, 0.1) is 6.04 Å². The maximum absolute atomic E-state index is 11.3. The summed E-state index contributed by atoms with van der Waals surface area (Å²) in [6.07, 6.45) is 0.505. The number of rotatable bonds is 3. The first-order valence-corrected chi connectivity index (χ1v) is 6.91. The van der Waals surface area contributed by atoms with Crippen molar-refractivity contribution in [3.05, 3.63) is 42.0 Å². The molecule has 4 N–H and O–H groups in total. The monoisotopic (exact) mass is 285 g/mol. The van der Waals surface area contributed by atoms with Gasteiger partial charge in [-0.25, -0.2) is 0 Å². The third-order valence-corrected chi connectivity index (χ3v) is 3.75. The van der Waals surface area contributed by atoms with Gasteiger partial charge in [-0.05, 0) is 17.5 Å². The van der Waals surface area contributed by atoms with Gasteiger partial charge < -0.3 is 16.4 Å². The summed E-state index contributed by atoms with van der Waals surface area (Å²) < 4.78 is 0. The highest BCUT2D eigenvalue weighted by Crippen LogP contribution is 2.27. The highest BCUT2D eigenvalue weighted by Gasteiger charge is 2.21. The first-order valence-electron chi connectivity index (χ1n) is 6.50. The normalized spacial score (nSPS) is 18.0. The molecule has 1 aliphatic heterocycles. The zero-order valence-corrected chi connectivity index (χ0v) is 11.7. The van der Waals surface area contributed by atoms with Gasteiger partial charge >= 0.3 is 0 Å². The van der Waals surface area contributed by atoms with Gasteiger partial charge in [-0.15, -0.1) is 0 Å². The molecular formula is C15H15N3OS. The molecule has 1 heterocycles. The van der Waals surface area contributed by atoms with Gasteiger partial charge in [-0.2, -0.15) is 0 Å². The second-order valence-corrected chi connectivity index (χ2v) is 5.36. The van der Waals surface area contributed by atoms with E-state index in [4.69, 9.17) is 18.0 Å². The van der Waals surface area contributed by atoms with Gasteiger partial charge in [-0.1, -0.05) is 36.5 Å². The topological polar surface area (TPSA) is 67.2 Å². The summed E-state index contributed by atoms with van der Waals surface area (Å²) in [5, 5.41) is 8.33. The number of fused-ring (bicyclic) bond motifs is 1. The molecule has 0 radical (unpaired) electrons. The third kappa shape index (κ3) is 2.32. The number of nitrogens with one attached hydrogen (secondary N) is 2. The fourth-order valence-corrected chi connectivity index (χ4v) is 2.74. The number of carbonyl (C=O) groups excluding carboxylic acids is 1. The Morgan fingerprint density at radius 3 is 2.65 bits per heavy atom. The predicted octanol–water partition coefficient (Wildman–Crippen LogP) is 1.77. The Kier molecular flexibility index (Phi) is 3.28. The number of anilines is 1. The summed E-state index contributed by atoms with van der Waals surface area (Å²) in [7, 11) is 0. The molecule has 0 bridgehead atoms. The van der Waals surface area contributed by atoms with Crippen LogP contribution in [0.3, 0.4) is 0 Å². The van der Waals surface area contributed by atoms with Crippen molar-refractivity contribution in [2.75, 3.05) is 11.9 Å². The molecule has 1 unspecified atom stereocenters. The number of hydrogen-bond donors (Lipinski definition) is 3. The minimum Gasteiger partial charge on any atom is -0.389 e. The number of amides is 1. The highest BCUT2D eigenvalue weighted by atomic mass is 32.1. The summed E-state index contributed by atoms with van der Waals surface area (Å²) in [5.74, 6) is 0.0894. The van der Waals surface area contributed by atoms with Gasteiger partial charge in [0.15, 0.2) is 0 Å². The predicted molar refractivity (Wildman–Crippen MR) is 84.9 cm³/mol. The maximum Gasteiger partial charge on any atom is 0.222 e. The average molecular weight is 285 g/mol. The van der Waals surface area contributed by atoms with Crippen molar-refractivity contribution in [1.82, 2.24) is 5.32 Å². The van der Waals surface area contributed by atoms with E-state index in [0.717, 1.165) is 22.0 Å². The van der Waals surface area contributed by atoms with Crippen LogP contribution in [0.4, 0.5) is 5.69 Å². The van der Waals surface area contributed by atoms with Crippen molar-refractivity contribution in [2.45, 2.75) is 12.5 Å². The first kappa shape index (κ1) is 12.9. The lowest BCUT2D eigenvalue weighted by Gasteiger charge is -2.16. The van der Waals surface area contributed by atoms with Gasteiger partial charge in [0, 0.05) is 29.6 Å². The van der Waals surface area contributed by atoms with Gasteiger partial charge in [0.2, 0.25) is 5.91 Å². The smallest absolute Gasteiger partial charge is 0.222 e. The van der Waals surface area contributed by atoms with Crippen molar-refractivity contribution < 1.29 is 4.79 Å². The number of thiocarbonyl (C=S) groups is 1. The molecule has 1 amide bonds. The van der Waals surface area contributed by atoms with Crippen LogP contribution in [0.5, 0.6) is 0 Å². The second kappa shape index (κ2) is 5.09. The van der Waals surface area contributed by atoms with Crippen molar-refractivity contribution in [3.8, 4) is 0 Å². The Morgan fingerprint density at radius 2 is 2.00 bits per heavy atom. The van der Waals surface area contributed by atoms with Crippen molar-refractivity contribution in [2.24, 2.45) is 5.73 Å². The Balaban J connectivity index is 2.02. The summed E-state index contributed by atoms with van der Waals surface area (Å²) in [5.41, 5.74) is 7.65. The zero-order valence-electron chi connectivity index (χ0n) is 10.8. The van der Waals surface area contributed by atoms with Crippen LogP contribution in [0.2, 0.25) is 0 Å². The molecule has 1 saturated heterocycles. The molecule has 1 aliphatic rings. The van der Waals surface area contributed by atoms with E-state index in [1.54, 1.807) is 0 Å². The van der Waals surface area contributed by atoms with Gasteiger partial charge in [-0.3, -0.25) is 4.79 Å². The fourth-order valence-electron chi connectivity index (χ4n) is 2.57. The molecule has 0 saturated carbocycles. The quantitative estimate of drug-likeness (QED) is 0.752. The largest absolute Gasteiger partial charge is 0.389 e. The third-order valence-electron chi connectivity index (χ3n) is 3.53. The fraction of sp³-hybridized carbons (Fsp3) is 0.200. The molecule has 102 valence electrons. The van der Waals surface area contributed by atoms with Crippen LogP contribution < -0.4 is 16.4 Å². The average Bonchev–Trinajstić information content (AvgIpc) is 2.84. The Hall–Kier alpha value is -2.14. The van der Waals surface area contributed by atoms with E-state index in [2.05, 4.69) is 10.6 Å². The lowest BCUT2D eigenvalue weighted by molar-refractivity contribution is -0.119. The molecule has 1 atom stereocenters. The van der Waals surface area contributed by atoms with E-state index in [1.165, 1.54) is 0 Å². The van der Waals surface area contributed by atoms with Crippen LogP contribution in [-0.2, 0) is 4.79 Å². The molecule has 20 heavy (non-hydrogen) atoms. The van der Waals surface area contributed by atoms with E-state index < -0.39 is 0 Å². The van der Waals surface area contributed by atoms with Crippen LogP contribution in [0.25, 0.3) is 10.8 Å². The van der Waals surface area contributed by atoms with E-state index in [-0.39, 0.29) is 11.9 Å². The molecule has 0 aliphatic carbocycles. The molecule has 1 fully saturated rings. The minimum atomic E-state index is 0.0894. The first-order chi connectivity index (χ1) is 9.65. The molecule has 0 aromatic heterocycles. The zero-order chi connectivity index (χ0) is 14.1. The Bertz CT molecular complexity index is 699. The van der Waals surface area contributed by atoms with Crippen molar-refractivity contribution >= 4 is 39.6 Å². The van der Waals surface area contributed by atoms with Crippen LogP contribution in [0.15, 0.2) is 36.4 Å². The van der Waals surface area contributed by atoms with Crippen LogP contribution in [-0.4, -0.2) is 23.5 Å². The molecule has 3 rings (SSSR count). The van der Waals surface area contributed by atoms with E-state index in [9.17, 15) is 4.79 Å². The lowest BCUT2D eigenvalue weighted by Crippen LogP contribution is -2.22. The standard InChI is InChI=1S/C15H15N3OS/c16-15(20)12-5-6-13(11-4-2-1-3-10(11)12)18-9-7-14(19)17-8-9/h1-6,9,18H,7-8H2,(H2,16,20)(H,17,19).